The fraction of sp³-hybridized carbons (Fsp3) is 0. The van der Waals surface area contributed by atoms with Gasteiger partial charge in [-0.25, -0.2) is 0 Å². The Morgan fingerprint density at radius 3 is 1.84 bits per heavy atom. The zero-order chi connectivity index (χ0) is 40.7. The van der Waals surface area contributed by atoms with Gasteiger partial charge in [-0.1, -0.05) is 140 Å². The van der Waals surface area contributed by atoms with E-state index in [-0.39, 0.29) is 0 Å². The predicted octanol–water partition coefficient (Wildman–Crippen LogP) is 16.5. The molecule has 10 aromatic carbocycles. The maximum absolute atomic E-state index is 6.68. The van der Waals surface area contributed by atoms with Crippen molar-refractivity contribution in [1.82, 2.24) is 4.57 Å². The molecular weight excluding hydrogens is 757 g/mol. The van der Waals surface area contributed by atoms with Crippen molar-refractivity contribution < 1.29 is 8.83 Å². The van der Waals surface area contributed by atoms with Crippen LogP contribution < -0.4 is 4.90 Å². The fourth-order valence-electron chi connectivity index (χ4n) is 9.78. The standard InChI is InChI=1S/C58H36N2O2/c1-2-16-43-38(13-1)29-33-49-57-48(21-12-26-56(57)62-58(43)49)46-19-5-7-22-51(46)59(42-32-34-55-50(36-42)47-20-6-10-25-54(47)61-55)40-30-27-37(28-31-40)39-14-11-15-41(35-39)60-52-23-8-3-17-44(52)45-18-4-9-24-53(45)60/h1-36H. The first-order chi connectivity index (χ1) is 30.7. The lowest BCUT2D eigenvalue weighted by molar-refractivity contribution is 0.669. The zero-order valence-corrected chi connectivity index (χ0v) is 33.5. The Hall–Kier alpha value is -8.34. The third-order valence-corrected chi connectivity index (χ3v) is 12.6. The van der Waals surface area contributed by atoms with Gasteiger partial charge >= 0.3 is 0 Å². The average Bonchev–Trinajstić information content (AvgIpc) is 4.02. The molecule has 62 heavy (non-hydrogen) atoms. The van der Waals surface area contributed by atoms with Crippen LogP contribution in [0.5, 0.6) is 0 Å². The summed E-state index contributed by atoms with van der Waals surface area (Å²) < 4.78 is 15.4. The van der Waals surface area contributed by atoms with Crippen molar-refractivity contribution in [2.24, 2.45) is 0 Å². The van der Waals surface area contributed by atoms with Crippen LogP contribution in [0, 0.1) is 0 Å². The van der Waals surface area contributed by atoms with Crippen LogP contribution in [0.15, 0.2) is 227 Å². The summed E-state index contributed by atoms with van der Waals surface area (Å²) in [5.41, 5.74) is 14.7. The molecule has 0 spiro atoms. The van der Waals surface area contributed by atoms with E-state index < -0.39 is 0 Å². The summed E-state index contributed by atoms with van der Waals surface area (Å²) >= 11 is 0. The molecule has 0 unspecified atom stereocenters. The van der Waals surface area contributed by atoms with Crippen LogP contribution in [-0.4, -0.2) is 4.57 Å². The summed E-state index contributed by atoms with van der Waals surface area (Å²) in [6.07, 6.45) is 0. The van der Waals surface area contributed by atoms with E-state index in [0.717, 1.165) is 99.7 Å². The highest BCUT2D eigenvalue weighted by atomic mass is 16.3. The first-order valence-electron chi connectivity index (χ1n) is 21.1. The van der Waals surface area contributed by atoms with Gasteiger partial charge in [0.25, 0.3) is 0 Å². The van der Waals surface area contributed by atoms with Crippen LogP contribution in [0.2, 0.25) is 0 Å². The largest absolute Gasteiger partial charge is 0.456 e. The maximum atomic E-state index is 6.68. The first-order valence-corrected chi connectivity index (χ1v) is 21.1. The van der Waals surface area contributed by atoms with E-state index in [1.807, 2.05) is 12.1 Å². The van der Waals surface area contributed by atoms with Gasteiger partial charge in [-0.3, -0.25) is 0 Å². The number of para-hydroxylation sites is 4. The molecule has 0 aliphatic rings. The van der Waals surface area contributed by atoms with E-state index in [2.05, 4.69) is 216 Å². The normalized spacial score (nSPS) is 11.9. The monoisotopic (exact) mass is 792 g/mol. The van der Waals surface area contributed by atoms with Crippen molar-refractivity contribution in [2.45, 2.75) is 0 Å². The molecule has 0 atom stereocenters. The Bertz CT molecular complexity index is 3830. The van der Waals surface area contributed by atoms with Crippen molar-refractivity contribution in [3.05, 3.63) is 218 Å². The SMILES string of the molecule is c1cc(-c2ccc(N(c3ccc4oc5ccccc5c4c3)c3ccccc3-c3cccc4oc5c6ccccc6ccc5c34)cc2)cc(-n2c3ccccc3c3ccccc32)c1. The second kappa shape index (κ2) is 13.6. The predicted molar refractivity (Wildman–Crippen MR) is 258 cm³/mol. The summed E-state index contributed by atoms with van der Waals surface area (Å²) in [6, 6.07) is 78.0. The van der Waals surface area contributed by atoms with E-state index >= 15 is 0 Å². The quantitative estimate of drug-likeness (QED) is 0.168. The second-order valence-corrected chi connectivity index (χ2v) is 16.0. The molecule has 13 aromatic rings. The van der Waals surface area contributed by atoms with Gasteiger partial charge in [-0.2, -0.15) is 0 Å². The number of fused-ring (bicyclic) bond motifs is 11. The molecule has 290 valence electrons. The minimum Gasteiger partial charge on any atom is -0.456 e. The number of hydrogen-bond acceptors (Lipinski definition) is 3. The molecule has 4 nitrogen and oxygen atoms in total. The molecule has 0 N–H and O–H groups in total. The topological polar surface area (TPSA) is 34.5 Å². The average molecular weight is 793 g/mol. The molecule has 3 aromatic heterocycles. The summed E-state index contributed by atoms with van der Waals surface area (Å²) in [5.74, 6) is 0. The molecule has 3 heterocycles. The molecule has 0 aliphatic carbocycles. The number of benzene rings is 10. The van der Waals surface area contributed by atoms with Crippen LogP contribution in [0.4, 0.5) is 17.1 Å². The summed E-state index contributed by atoms with van der Waals surface area (Å²) in [5, 5.41) is 9.17. The maximum Gasteiger partial charge on any atom is 0.143 e. The van der Waals surface area contributed by atoms with Crippen LogP contribution in [0.3, 0.4) is 0 Å². The van der Waals surface area contributed by atoms with Crippen molar-refractivity contribution in [2.75, 3.05) is 4.90 Å². The van der Waals surface area contributed by atoms with Gasteiger partial charge in [-0.15, -0.1) is 0 Å². The molecule has 0 bridgehead atoms. The minimum absolute atomic E-state index is 0.864. The molecule has 0 fully saturated rings. The van der Waals surface area contributed by atoms with Crippen molar-refractivity contribution in [3.63, 3.8) is 0 Å². The lowest BCUT2D eigenvalue weighted by Crippen LogP contribution is -2.11. The summed E-state index contributed by atoms with van der Waals surface area (Å²) in [7, 11) is 0. The Labute approximate surface area is 356 Å². The van der Waals surface area contributed by atoms with Gasteiger partial charge in [0.05, 0.1) is 16.7 Å². The highest BCUT2D eigenvalue weighted by Crippen LogP contribution is 2.47. The Kier molecular flexibility index (Phi) is 7.57. The Balaban J connectivity index is 0.981. The van der Waals surface area contributed by atoms with E-state index in [1.54, 1.807) is 0 Å². The molecule has 0 saturated carbocycles. The van der Waals surface area contributed by atoms with Gasteiger partial charge in [0.2, 0.25) is 0 Å². The molecule has 0 amide bonds. The smallest absolute Gasteiger partial charge is 0.143 e. The minimum atomic E-state index is 0.864. The van der Waals surface area contributed by atoms with Crippen LogP contribution in [0.1, 0.15) is 0 Å². The summed E-state index contributed by atoms with van der Waals surface area (Å²) in [4.78, 5) is 2.38. The van der Waals surface area contributed by atoms with Gasteiger partial charge in [0.1, 0.15) is 22.3 Å². The van der Waals surface area contributed by atoms with Gasteiger partial charge < -0.3 is 18.3 Å². The Morgan fingerprint density at radius 1 is 0.355 bits per heavy atom. The number of nitrogens with zero attached hydrogens (tertiary/aromatic N) is 2. The van der Waals surface area contributed by atoms with E-state index in [4.69, 9.17) is 8.83 Å². The lowest BCUT2D eigenvalue weighted by atomic mass is 9.96. The van der Waals surface area contributed by atoms with Crippen LogP contribution in [-0.2, 0) is 0 Å². The fourth-order valence-corrected chi connectivity index (χ4v) is 9.78. The highest BCUT2D eigenvalue weighted by Gasteiger charge is 2.22. The highest BCUT2D eigenvalue weighted by molar-refractivity contribution is 6.20. The molecule has 13 rings (SSSR count). The number of anilines is 3. The van der Waals surface area contributed by atoms with Crippen molar-refractivity contribution >= 4 is 93.5 Å². The van der Waals surface area contributed by atoms with Crippen molar-refractivity contribution in [3.8, 4) is 27.9 Å². The number of aromatic nitrogens is 1. The van der Waals surface area contributed by atoms with Crippen LogP contribution >= 0.6 is 0 Å². The molecular formula is C58H36N2O2. The summed E-state index contributed by atoms with van der Waals surface area (Å²) in [6.45, 7) is 0. The molecule has 0 aliphatic heterocycles. The number of rotatable bonds is 6. The van der Waals surface area contributed by atoms with Gasteiger partial charge in [-0.05, 0) is 101 Å². The number of furan rings is 2. The van der Waals surface area contributed by atoms with Crippen LogP contribution in [0.25, 0.3) is 104 Å². The van der Waals surface area contributed by atoms with Crippen molar-refractivity contribution in [1.29, 1.82) is 0 Å². The molecule has 4 heteroatoms. The van der Waals surface area contributed by atoms with E-state index in [9.17, 15) is 0 Å². The van der Waals surface area contributed by atoms with E-state index in [0.29, 0.717) is 0 Å². The molecule has 0 saturated heterocycles. The second-order valence-electron chi connectivity index (χ2n) is 16.0. The zero-order valence-electron chi connectivity index (χ0n) is 33.5. The Morgan fingerprint density at radius 2 is 1.00 bits per heavy atom. The van der Waals surface area contributed by atoms with E-state index in [1.165, 1.54) is 21.8 Å². The number of hydrogen-bond donors (Lipinski definition) is 0. The first kappa shape index (κ1) is 34.5. The molecule has 0 radical (unpaired) electrons. The lowest BCUT2D eigenvalue weighted by Gasteiger charge is -2.28. The third kappa shape index (κ3) is 5.27. The third-order valence-electron chi connectivity index (χ3n) is 12.6. The van der Waals surface area contributed by atoms with Gasteiger partial charge in [0.15, 0.2) is 0 Å². The van der Waals surface area contributed by atoms with Gasteiger partial charge in [0, 0.05) is 60.3 Å².